The quantitative estimate of drug-likeness (QED) is 0.379. The van der Waals surface area contributed by atoms with Crippen molar-refractivity contribution < 1.29 is 16.8 Å². The number of nitrogens with zero attached hydrogens (tertiary/aromatic N) is 5. The number of piperidine rings is 1. The zero-order valence-corrected chi connectivity index (χ0v) is 21.6. The molecule has 3 heterocycles. The lowest BCUT2D eigenvalue weighted by molar-refractivity contribution is 0.346. The lowest BCUT2D eigenvalue weighted by Gasteiger charge is -2.26. The lowest BCUT2D eigenvalue weighted by atomic mass is 10.2. The average Bonchev–Trinajstić information content (AvgIpc) is 3.32. The van der Waals surface area contributed by atoms with Gasteiger partial charge in [-0.25, -0.2) is 31.1 Å². The highest BCUT2D eigenvalue weighted by Crippen LogP contribution is 2.42. The summed E-state index contributed by atoms with van der Waals surface area (Å²) in [6, 6.07) is 22.0. The maximum Gasteiger partial charge on any atom is 0.267 e. The molecule has 6 rings (SSSR count). The second kappa shape index (κ2) is 9.09. The molecule has 0 saturated carbocycles. The summed E-state index contributed by atoms with van der Waals surface area (Å²) < 4.78 is 56.8. The highest BCUT2D eigenvalue weighted by molar-refractivity contribution is 7.92. The third-order valence-electron chi connectivity index (χ3n) is 6.71. The fourth-order valence-electron chi connectivity index (χ4n) is 4.77. The lowest BCUT2D eigenvalue weighted by Crippen LogP contribution is -2.36. The molecule has 37 heavy (non-hydrogen) atoms. The Morgan fingerprint density at radius 2 is 1.24 bits per heavy atom. The van der Waals surface area contributed by atoms with Crippen LogP contribution < -0.4 is 9.21 Å². The van der Waals surface area contributed by atoms with Crippen LogP contribution in [0.3, 0.4) is 0 Å². The summed E-state index contributed by atoms with van der Waals surface area (Å²) in [6.07, 6.45) is 2.70. The molecule has 1 fully saturated rings. The van der Waals surface area contributed by atoms with Crippen molar-refractivity contribution in [2.24, 2.45) is 0 Å². The van der Waals surface area contributed by atoms with Crippen LogP contribution in [-0.4, -0.2) is 50.9 Å². The molecule has 0 unspecified atom stereocenters. The highest BCUT2D eigenvalue weighted by atomic mass is 32.2. The molecule has 3 aromatic carbocycles. The zero-order chi connectivity index (χ0) is 25.6. The number of anilines is 3. The van der Waals surface area contributed by atoms with Gasteiger partial charge in [0.05, 0.1) is 20.8 Å². The first-order chi connectivity index (χ1) is 17.9. The molecule has 4 aromatic rings. The highest BCUT2D eigenvalue weighted by Gasteiger charge is 2.39. The number of sulfonamides is 2. The molecule has 2 aliphatic heterocycles. The minimum atomic E-state index is -3.95. The van der Waals surface area contributed by atoms with Crippen LogP contribution in [0.25, 0.3) is 11.0 Å². The van der Waals surface area contributed by atoms with E-state index >= 15 is 0 Å². The van der Waals surface area contributed by atoms with Gasteiger partial charge < -0.3 is 4.90 Å². The summed E-state index contributed by atoms with van der Waals surface area (Å²) in [5, 5.41) is 0. The molecule has 11 heteroatoms. The van der Waals surface area contributed by atoms with E-state index in [1.807, 2.05) is 18.2 Å². The van der Waals surface area contributed by atoms with Crippen molar-refractivity contribution in [1.29, 1.82) is 0 Å². The Kier molecular flexibility index (Phi) is 5.85. The normalized spacial score (nSPS) is 16.8. The van der Waals surface area contributed by atoms with E-state index in [1.54, 1.807) is 53.4 Å². The molecule has 190 valence electrons. The first-order valence-corrected chi connectivity index (χ1v) is 15.0. The number of hydrogen-bond donors (Lipinski definition) is 0. The number of aromatic nitrogens is 2. The minimum absolute atomic E-state index is 0.0872. The molecule has 2 aliphatic rings. The van der Waals surface area contributed by atoms with Gasteiger partial charge in [-0.15, -0.1) is 0 Å². The number of fused-ring (bicyclic) bond motifs is 2. The SMILES string of the molecule is O=S(=O)(c1cccc(N2CN(S(=O)(=O)c3ccccc3)c3nc4ccccc4nc32)c1)N1CCCCC1. The van der Waals surface area contributed by atoms with Crippen LogP contribution in [0.2, 0.25) is 0 Å². The van der Waals surface area contributed by atoms with E-state index in [0.717, 1.165) is 19.3 Å². The minimum Gasteiger partial charge on any atom is -0.304 e. The van der Waals surface area contributed by atoms with Crippen LogP contribution in [0, 0.1) is 0 Å². The van der Waals surface area contributed by atoms with Gasteiger partial charge in [-0.3, -0.25) is 0 Å². The standard InChI is InChI=1S/C26H25N5O4S2/c32-36(33,29-16-7-2-8-17-29)22-13-9-10-20(18-22)30-19-31(37(34,35)21-11-3-1-4-12-21)26-25(30)27-23-14-5-6-15-24(23)28-26/h1,3-6,9-15,18H,2,7-8,16-17,19H2. The van der Waals surface area contributed by atoms with Gasteiger partial charge in [0.15, 0.2) is 11.6 Å². The van der Waals surface area contributed by atoms with Crippen LogP contribution in [0.15, 0.2) is 88.7 Å². The Balaban J connectivity index is 1.47. The van der Waals surface area contributed by atoms with E-state index < -0.39 is 20.0 Å². The Bertz CT molecular complexity index is 1690. The Labute approximate surface area is 216 Å². The second-order valence-corrected chi connectivity index (χ2v) is 12.9. The number of hydrogen-bond acceptors (Lipinski definition) is 7. The zero-order valence-electron chi connectivity index (χ0n) is 19.9. The Morgan fingerprint density at radius 1 is 0.622 bits per heavy atom. The average molecular weight is 536 g/mol. The first-order valence-electron chi connectivity index (χ1n) is 12.1. The van der Waals surface area contributed by atoms with Crippen LogP contribution >= 0.6 is 0 Å². The van der Waals surface area contributed by atoms with Gasteiger partial charge in [0.1, 0.15) is 6.67 Å². The van der Waals surface area contributed by atoms with Crippen LogP contribution in [0.1, 0.15) is 19.3 Å². The van der Waals surface area contributed by atoms with Gasteiger partial charge in [0, 0.05) is 18.8 Å². The van der Waals surface area contributed by atoms with Gasteiger partial charge in [0.2, 0.25) is 10.0 Å². The first kappa shape index (κ1) is 23.8. The molecule has 0 radical (unpaired) electrons. The maximum absolute atomic E-state index is 13.7. The van der Waals surface area contributed by atoms with E-state index in [1.165, 1.54) is 20.7 Å². The molecular weight excluding hydrogens is 510 g/mol. The van der Waals surface area contributed by atoms with Crippen LogP contribution in [0.5, 0.6) is 0 Å². The molecule has 1 aromatic heterocycles. The number of benzene rings is 3. The topological polar surface area (TPSA) is 104 Å². The van der Waals surface area contributed by atoms with Crippen molar-refractivity contribution in [2.75, 3.05) is 29.0 Å². The monoisotopic (exact) mass is 535 g/mol. The third kappa shape index (κ3) is 4.12. The summed E-state index contributed by atoms with van der Waals surface area (Å²) in [6.45, 7) is 0.912. The molecule has 0 bridgehead atoms. The Morgan fingerprint density at radius 3 is 1.95 bits per heavy atom. The summed E-state index contributed by atoms with van der Waals surface area (Å²) in [7, 11) is -7.63. The van der Waals surface area contributed by atoms with E-state index in [4.69, 9.17) is 4.98 Å². The Hall–Kier alpha value is -3.54. The smallest absolute Gasteiger partial charge is 0.267 e. The predicted octanol–water partition coefficient (Wildman–Crippen LogP) is 4.11. The number of para-hydroxylation sites is 2. The molecule has 0 N–H and O–H groups in total. The molecular formula is C26H25N5O4S2. The van der Waals surface area contributed by atoms with Crippen molar-refractivity contribution in [3.8, 4) is 0 Å². The summed E-state index contributed by atoms with van der Waals surface area (Å²) >= 11 is 0. The summed E-state index contributed by atoms with van der Waals surface area (Å²) in [5.41, 5.74) is 1.70. The summed E-state index contributed by atoms with van der Waals surface area (Å²) in [4.78, 5) is 11.4. The molecule has 0 spiro atoms. The van der Waals surface area contributed by atoms with Crippen molar-refractivity contribution in [3.05, 3.63) is 78.9 Å². The third-order valence-corrected chi connectivity index (χ3v) is 10.3. The van der Waals surface area contributed by atoms with Gasteiger partial charge >= 0.3 is 0 Å². The second-order valence-electron chi connectivity index (χ2n) is 9.06. The van der Waals surface area contributed by atoms with E-state index in [2.05, 4.69) is 4.98 Å². The predicted molar refractivity (Wildman–Crippen MR) is 142 cm³/mol. The summed E-state index contributed by atoms with van der Waals surface area (Å²) in [5.74, 6) is 0.553. The van der Waals surface area contributed by atoms with Gasteiger partial charge in [0.25, 0.3) is 10.0 Å². The van der Waals surface area contributed by atoms with E-state index in [0.29, 0.717) is 35.6 Å². The van der Waals surface area contributed by atoms with Gasteiger partial charge in [-0.05, 0) is 55.3 Å². The fourth-order valence-corrected chi connectivity index (χ4v) is 7.70. The van der Waals surface area contributed by atoms with Crippen molar-refractivity contribution in [3.63, 3.8) is 0 Å². The molecule has 0 atom stereocenters. The molecule has 9 nitrogen and oxygen atoms in total. The molecule has 0 aliphatic carbocycles. The maximum atomic E-state index is 13.7. The largest absolute Gasteiger partial charge is 0.304 e. The van der Waals surface area contributed by atoms with Crippen LogP contribution in [-0.2, 0) is 20.0 Å². The molecule has 1 saturated heterocycles. The molecule has 0 amide bonds. The van der Waals surface area contributed by atoms with Crippen molar-refractivity contribution >= 4 is 48.4 Å². The van der Waals surface area contributed by atoms with Gasteiger partial charge in [-0.1, -0.05) is 42.8 Å². The fraction of sp³-hybridized carbons (Fsp3) is 0.231. The van der Waals surface area contributed by atoms with Crippen molar-refractivity contribution in [2.45, 2.75) is 29.1 Å². The van der Waals surface area contributed by atoms with E-state index in [-0.39, 0.29) is 22.3 Å². The van der Waals surface area contributed by atoms with Gasteiger partial charge in [-0.2, -0.15) is 4.31 Å². The van der Waals surface area contributed by atoms with Crippen molar-refractivity contribution in [1.82, 2.24) is 14.3 Å². The number of rotatable bonds is 5. The van der Waals surface area contributed by atoms with E-state index in [9.17, 15) is 16.8 Å². The van der Waals surface area contributed by atoms with Crippen LogP contribution in [0.4, 0.5) is 17.3 Å².